The van der Waals surface area contributed by atoms with Gasteiger partial charge in [-0.3, -0.25) is 14.9 Å². The van der Waals surface area contributed by atoms with Crippen LogP contribution in [0.3, 0.4) is 0 Å². The first-order chi connectivity index (χ1) is 13.6. The Hall–Kier alpha value is -2.88. The third-order valence-electron chi connectivity index (χ3n) is 4.69. The SMILES string of the molecule is O=C1CCN(CCc2nnc(SCC(=O)N3CCc4ccccc43)o2)C(=O)N1. The lowest BCUT2D eigenvalue weighted by Crippen LogP contribution is -2.49. The van der Waals surface area contributed by atoms with Gasteiger partial charge in [0.2, 0.25) is 17.7 Å². The molecule has 0 aliphatic carbocycles. The van der Waals surface area contributed by atoms with Gasteiger partial charge in [0.05, 0.1) is 5.75 Å². The third kappa shape index (κ3) is 4.01. The molecular formula is C18H19N5O4S. The second-order valence-corrected chi connectivity index (χ2v) is 7.44. The Morgan fingerprint density at radius 1 is 1.18 bits per heavy atom. The molecule has 0 atom stereocenters. The number of amides is 4. The quantitative estimate of drug-likeness (QED) is 0.725. The minimum absolute atomic E-state index is 0.00403. The number of carbonyl (C=O) groups is 3. The van der Waals surface area contributed by atoms with E-state index >= 15 is 0 Å². The van der Waals surface area contributed by atoms with Gasteiger partial charge in [0.1, 0.15) is 0 Å². The van der Waals surface area contributed by atoms with Crippen molar-refractivity contribution in [1.29, 1.82) is 0 Å². The van der Waals surface area contributed by atoms with Crippen molar-refractivity contribution in [2.45, 2.75) is 24.5 Å². The Balaban J connectivity index is 1.27. The summed E-state index contributed by atoms with van der Waals surface area (Å²) in [7, 11) is 0. The number of thioether (sulfide) groups is 1. The van der Waals surface area contributed by atoms with Crippen molar-refractivity contribution in [3.8, 4) is 0 Å². The molecule has 146 valence electrons. The lowest BCUT2D eigenvalue weighted by Gasteiger charge is -2.25. The van der Waals surface area contributed by atoms with Crippen LogP contribution < -0.4 is 10.2 Å². The summed E-state index contributed by atoms with van der Waals surface area (Å²) in [6, 6.07) is 7.51. The van der Waals surface area contributed by atoms with Gasteiger partial charge in [-0.15, -0.1) is 10.2 Å². The summed E-state index contributed by atoms with van der Waals surface area (Å²) in [6.07, 6.45) is 1.55. The van der Waals surface area contributed by atoms with Crippen LogP contribution in [0.25, 0.3) is 0 Å². The Bertz CT molecular complexity index is 915. The number of urea groups is 1. The van der Waals surface area contributed by atoms with Gasteiger partial charge in [-0.05, 0) is 18.1 Å². The average molecular weight is 401 g/mol. The van der Waals surface area contributed by atoms with E-state index in [1.54, 1.807) is 4.90 Å². The van der Waals surface area contributed by atoms with E-state index in [-0.39, 0.29) is 17.6 Å². The molecule has 10 heteroatoms. The van der Waals surface area contributed by atoms with Gasteiger partial charge in [0, 0.05) is 38.2 Å². The molecule has 9 nitrogen and oxygen atoms in total. The molecule has 1 fully saturated rings. The molecule has 1 N–H and O–H groups in total. The lowest BCUT2D eigenvalue weighted by atomic mass is 10.2. The van der Waals surface area contributed by atoms with Crippen LogP contribution in [0.2, 0.25) is 0 Å². The summed E-state index contributed by atoms with van der Waals surface area (Å²) in [4.78, 5) is 38.7. The fourth-order valence-electron chi connectivity index (χ4n) is 3.24. The fraction of sp³-hybridized carbons (Fsp3) is 0.389. The maximum Gasteiger partial charge on any atom is 0.324 e. The first-order valence-corrected chi connectivity index (χ1v) is 10.0. The molecule has 2 aromatic rings. The first kappa shape index (κ1) is 18.5. The van der Waals surface area contributed by atoms with Crippen molar-refractivity contribution in [2.75, 3.05) is 30.3 Å². The van der Waals surface area contributed by atoms with E-state index in [1.165, 1.54) is 22.2 Å². The van der Waals surface area contributed by atoms with Crippen LogP contribution in [-0.4, -0.2) is 58.3 Å². The molecule has 3 heterocycles. The van der Waals surface area contributed by atoms with Crippen LogP contribution in [-0.2, 0) is 22.4 Å². The number of nitrogens with zero attached hydrogens (tertiary/aromatic N) is 4. The molecule has 1 saturated heterocycles. The highest BCUT2D eigenvalue weighted by Gasteiger charge is 2.25. The number of aromatic nitrogens is 2. The highest BCUT2D eigenvalue weighted by molar-refractivity contribution is 7.99. The standard InChI is InChI=1S/C18H19N5O4S/c24-14-6-8-22(17(26)19-14)9-7-15-20-21-18(27-15)28-11-16(25)23-10-5-12-3-1-2-4-13(12)23/h1-4H,5-11H2,(H,19,24,26). The summed E-state index contributed by atoms with van der Waals surface area (Å²) in [5.74, 6) is 0.352. The number of hydrogen-bond acceptors (Lipinski definition) is 7. The molecule has 28 heavy (non-hydrogen) atoms. The zero-order valence-electron chi connectivity index (χ0n) is 15.1. The monoisotopic (exact) mass is 401 g/mol. The van der Waals surface area contributed by atoms with Crippen LogP contribution in [0.15, 0.2) is 33.9 Å². The summed E-state index contributed by atoms with van der Waals surface area (Å²) in [5, 5.41) is 10.5. The maximum absolute atomic E-state index is 12.5. The van der Waals surface area contributed by atoms with Crippen molar-refractivity contribution in [2.24, 2.45) is 0 Å². The van der Waals surface area contributed by atoms with E-state index in [1.807, 2.05) is 24.3 Å². The Labute approximate surface area is 165 Å². The smallest absolute Gasteiger partial charge is 0.324 e. The summed E-state index contributed by atoms with van der Waals surface area (Å²) >= 11 is 1.20. The summed E-state index contributed by atoms with van der Waals surface area (Å²) < 4.78 is 5.56. The Morgan fingerprint density at radius 3 is 2.89 bits per heavy atom. The van der Waals surface area contributed by atoms with Gasteiger partial charge in [0.15, 0.2) is 0 Å². The van der Waals surface area contributed by atoms with Crippen molar-refractivity contribution in [1.82, 2.24) is 20.4 Å². The van der Waals surface area contributed by atoms with Gasteiger partial charge in [-0.1, -0.05) is 30.0 Å². The Morgan fingerprint density at radius 2 is 2.04 bits per heavy atom. The number of hydrogen-bond donors (Lipinski definition) is 1. The van der Waals surface area contributed by atoms with Gasteiger partial charge < -0.3 is 14.2 Å². The highest BCUT2D eigenvalue weighted by atomic mass is 32.2. The fourth-order valence-corrected chi connectivity index (χ4v) is 3.90. The van der Waals surface area contributed by atoms with E-state index < -0.39 is 6.03 Å². The second kappa shape index (κ2) is 8.01. The van der Waals surface area contributed by atoms with Crippen molar-refractivity contribution in [3.05, 3.63) is 35.7 Å². The van der Waals surface area contributed by atoms with Gasteiger partial charge in [-0.2, -0.15) is 0 Å². The number of rotatable bonds is 6. The third-order valence-corrected chi connectivity index (χ3v) is 5.50. The number of para-hydroxylation sites is 1. The number of nitrogens with one attached hydrogen (secondary N) is 1. The maximum atomic E-state index is 12.5. The topological polar surface area (TPSA) is 109 Å². The number of carbonyl (C=O) groups excluding carboxylic acids is 3. The summed E-state index contributed by atoms with van der Waals surface area (Å²) in [6.45, 7) is 1.45. The zero-order valence-corrected chi connectivity index (χ0v) is 15.9. The predicted molar refractivity (Wildman–Crippen MR) is 101 cm³/mol. The van der Waals surface area contributed by atoms with E-state index in [4.69, 9.17) is 4.42 Å². The van der Waals surface area contributed by atoms with Crippen molar-refractivity contribution < 1.29 is 18.8 Å². The van der Waals surface area contributed by atoms with Gasteiger partial charge in [0.25, 0.3) is 5.22 Å². The Kier molecular flexibility index (Phi) is 5.29. The molecule has 1 aromatic heterocycles. The molecule has 0 saturated carbocycles. The molecule has 0 bridgehead atoms. The molecule has 4 rings (SSSR count). The van der Waals surface area contributed by atoms with Crippen LogP contribution in [0.4, 0.5) is 10.5 Å². The number of anilines is 1. The van der Waals surface area contributed by atoms with Crippen LogP contribution in [0.1, 0.15) is 17.9 Å². The summed E-state index contributed by atoms with van der Waals surface area (Å²) in [5.41, 5.74) is 2.15. The normalized spacial score (nSPS) is 16.3. The van der Waals surface area contributed by atoms with E-state index in [2.05, 4.69) is 15.5 Å². The molecule has 0 unspecified atom stereocenters. The van der Waals surface area contributed by atoms with Crippen molar-refractivity contribution in [3.63, 3.8) is 0 Å². The van der Waals surface area contributed by atoms with E-state index in [9.17, 15) is 14.4 Å². The zero-order chi connectivity index (χ0) is 19.5. The predicted octanol–water partition coefficient (Wildman–Crippen LogP) is 1.24. The second-order valence-electron chi connectivity index (χ2n) is 6.51. The number of benzene rings is 1. The van der Waals surface area contributed by atoms with Crippen molar-refractivity contribution >= 4 is 35.3 Å². The van der Waals surface area contributed by atoms with E-state index in [0.29, 0.717) is 43.6 Å². The van der Waals surface area contributed by atoms with E-state index in [0.717, 1.165) is 12.1 Å². The molecule has 0 spiro atoms. The van der Waals surface area contributed by atoms with Gasteiger partial charge in [-0.25, -0.2) is 4.79 Å². The lowest BCUT2D eigenvalue weighted by molar-refractivity contribution is -0.121. The van der Waals surface area contributed by atoms with Crippen LogP contribution in [0.5, 0.6) is 0 Å². The molecule has 2 aliphatic rings. The largest absolute Gasteiger partial charge is 0.416 e. The van der Waals surface area contributed by atoms with Crippen LogP contribution in [0, 0.1) is 0 Å². The minimum atomic E-state index is -0.401. The molecule has 4 amide bonds. The minimum Gasteiger partial charge on any atom is -0.416 e. The average Bonchev–Trinajstić information content (AvgIpc) is 3.32. The highest BCUT2D eigenvalue weighted by Crippen LogP contribution is 2.28. The molecular weight excluding hydrogens is 382 g/mol. The number of imide groups is 1. The first-order valence-electron chi connectivity index (χ1n) is 9.02. The molecule has 2 aliphatic heterocycles. The molecule has 1 aromatic carbocycles. The number of fused-ring (bicyclic) bond motifs is 1. The van der Waals surface area contributed by atoms with Gasteiger partial charge >= 0.3 is 6.03 Å². The molecule has 0 radical (unpaired) electrons. The van der Waals surface area contributed by atoms with Crippen LogP contribution >= 0.6 is 11.8 Å².